The summed E-state index contributed by atoms with van der Waals surface area (Å²) >= 11 is 5.70. The zero-order valence-corrected chi connectivity index (χ0v) is 10.5. The minimum atomic E-state index is 0.0272. The van der Waals surface area contributed by atoms with Gasteiger partial charge in [-0.15, -0.1) is 11.6 Å². The van der Waals surface area contributed by atoms with Crippen molar-refractivity contribution in [1.82, 2.24) is 10.2 Å². The third-order valence-electron chi connectivity index (χ3n) is 3.56. The van der Waals surface area contributed by atoms with Crippen LogP contribution in [0, 0.1) is 5.92 Å². The maximum Gasteiger partial charge on any atom is 0.321 e. The van der Waals surface area contributed by atoms with E-state index in [9.17, 15) is 4.79 Å². The summed E-state index contributed by atoms with van der Waals surface area (Å²) in [6, 6.07) is 0.0272. The van der Waals surface area contributed by atoms with Gasteiger partial charge >= 0.3 is 6.03 Å². The molecule has 3 nitrogen and oxygen atoms in total. The summed E-state index contributed by atoms with van der Waals surface area (Å²) in [4.78, 5) is 13.7. The molecule has 1 N–H and O–H groups in total. The average Bonchev–Trinajstić information content (AvgIpc) is 2.42. The molecule has 16 heavy (non-hydrogen) atoms. The second-order valence-electron chi connectivity index (χ2n) is 4.67. The predicted octanol–water partition coefficient (Wildman–Crippen LogP) is 2.71. The summed E-state index contributed by atoms with van der Waals surface area (Å²) in [7, 11) is 0. The van der Waals surface area contributed by atoms with Crippen molar-refractivity contribution >= 4 is 17.6 Å². The lowest BCUT2D eigenvalue weighted by Gasteiger charge is -2.24. The zero-order chi connectivity index (χ0) is 11.5. The fraction of sp³-hybridized carbons (Fsp3) is 0.750. The standard InChI is InChI=1S/C12H19ClN2O/c1-9-3-2-4-10-5-7-15(8-6-13)12(16)14-11(9)10/h9H,2-8H2,1H3,(H,14,16)/t9-/m0/s1. The minimum Gasteiger partial charge on any atom is -0.323 e. The molecule has 4 heteroatoms. The van der Waals surface area contributed by atoms with Gasteiger partial charge in [-0.05, 0) is 37.2 Å². The first-order valence-corrected chi connectivity index (χ1v) is 6.59. The zero-order valence-electron chi connectivity index (χ0n) is 9.76. The highest BCUT2D eigenvalue weighted by molar-refractivity contribution is 6.18. The third-order valence-corrected chi connectivity index (χ3v) is 3.73. The molecule has 0 aromatic rings. The van der Waals surface area contributed by atoms with Crippen LogP contribution < -0.4 is 5.32 Å². The summed E-state index contributed by atoms with van der Waals surface area (Å²) in [5.74, 6) is 1.01. The topological polar surface area (TPSA) is 32.3 Å². The normalized spacial score (nSPS) is 26.2. The highest BCUT2D eigenvalue weighted by Gasteiger charge is 2.26. The predicted molar refractivity (Wildman–Crippen MR) is 65.5 cm³/mol. The molecule has 90 valence electrons. The summed E-state index contributed by atoms with van der Waals surface area (Å²) < 4.78 is 0. The van der Waals surface area contributed by atoms with Gasteiger partial charge in [-0.25, -0.2) is 4.79 Å². The first-order valence-electron chi connectivity index (χ1n) is 6.06. The molecule has 1 aliphatic carbocycles. The second kappa shape index (κ2) is 5.09. The van der Waals surface area contributed by atoms with Crippen LogP contribution in [0.25, 0.3) is 0 Å². The highest BCUT2D eigenvalue weighted by atomic mass is 35.5. The van der Waals surface area contributed by atoms with Crippen LogP contribution in [0.3, 0.4) is 0 Å². The van der Waals surface area contributed by atoms with Crippen LogP contribution in [0.4, 0.5) is 4.79 Å². The summed E-state index contributed by atoms with van der Waals surface area (Å²) in [5.41, 5.74) is 2.64. The molecular weight excluding hydrogens is 224 g/mol. The van der Waals surface area contributed by atoms with E-state index in [1.54, 1.807) is 0 Å². The molecule has 0 fully saturated rings. The lowest BCUT2D eigenvalue weighted by molar-refractivity contribution is 0.205. The van der Waals surface area contributed by atoms with E-state index in [4.69, 9.17) is 11.6 Å². The maximum absolute atomic E-state index is 11.9. The Morgan fingerprint density at radius 2 is 2.31 bits per heavy atom. The number of halogens is 1. The molecule has 1 heterocycles. The molecular formula is C12H19ClN2O. The largest absolute Gasteiger partial charge is 0.323 e. The Hall–Kier alpha value is -0.700. The van der Waals surface area contributed by atoms with Crippen LogP contribution in [0.2, 0.25) is 0 Å². The van der Waals surface area contributed by atoms with Gasteiger partial charge < -0.3 is 10.2 Å². The van der Waals surface area contributed by atoms with Gasteiger partial charge in [-0.3, -0.25) is 0 Å². The van der Waals surface area contributed by atoms with E-state index in [0.29, 0.717) is 18.3 Å². The van der Waals surface area contributed by atoms with Gasteiger partial charge in [0.15, 0.2) is 0 Å². The van der Waals surface area contributed by atoms with E-state index >= 15 is 0 Å². The van der Waals surface area contributed by atoms with Crippen molar-refractivity contribution in [3.8, 4) is 0 Å². The Bertz CT molecular complexity index is 314. The molecule has 0 aromatic heterocycles. The Balaban J connectivity index is 2.12. The molecule has 0 unspecified atom stereocenters. The van der Waals surface area contributed by atoms with Crippen LogP contribution in [-0.2, 0) is 0 Å². The number of rotatable bonds is 2. The van der Waals surface area contributed by atoms with E-state index in [1.807, 2.05) is 4.90 Å². The number of hydrogen-bond donors (Lipinski definition) is 1. The number of nitrogens with one attached hydrogen (secondary N) is 1. The highest BCUT2D eigenvalue weighted by Crippen LogP contribution is 2.31. The van der Waals surface area contributed by atoms with Crippen LogP contribution in [-0.4, -0.2) is 29.9 Å². The number of hydrogen-bond acceptors (Lipinski definition) is 1. The molecule has 0 saturated heterocycles. The van der Waals surface area contributed by atoms with Gasteiger partial charge in [0.2, 0.25) is 0 Å². The van der Waals surface area contributed by atoms with Crippen LogP contribution in [0.1, 0.15) is 32.6 Å². The summed E-state index contributed by atoms with van der Waals surface area (Å²) in [6.45, 7) is 3.65. The molecule has 0 saturated carbocycles. The number of carbonyl (C=O) groups excluding carboxylic acids is 1. The first kappa shape index (κ1) is 11.8. The molecule has 0 spiro atoms. The average molecular weight is 243 g/mol. The molecule has 1 aliphatic heterocycles. The molecule has 2 aliphatic rings. The Morgan fingerprint density at radius 3 is 3.06 bits per heavy atom. The lowest BCUT2D eigenvalue weighted by atomic mass is 9.87. The quantitative estimate of drug-likeness (QED) is 0.742. The Kier molecular flexibility index (Phi) is 3.74. The molecule has 0 radical (unpaired) electrons. The van der Waals surface area contributed by atoms with E-state index in [1.165, 1.54) is 24.1 Å². The Labute approximate surface area is 102 Å². The van der Waals surface area contributed by atoms with Gasteiger partial charge in [0.1, 0.15) is 0 Å². The summed E-state index contributed by atoms with van der Waals surface area (Å²) in [6.07, 6.45) is 4.60. The van der Waals surface area contributed by atoms with Crippen LogP contribution in [0.5, 0.6) is 0 Å². The van der Waals surface area contributed by atoms with Gasteiger partial charge in [0.25, 0.3) is 0 Å². The number of alkyl halides is 1. The van der Waals surface area contributed by atoms with Gasteiger partial charge in [0, 0.05) is 24.7 Å². The number of nitrogens with zero attached hydrogens (tertiary/aromatic N) is 1. The molecule has 1 atom stereocenters. The van der Waals surface area contributed by atoms with Crippen molar-refractivity contribution in [3.63, 3.8) is 0 Å². The van der Waals surface area contributed by atoms with Crippen LogP contribution >= 0.6 is 11.6 Å². The fourth-order valence-corrected chi connectivity index (χ4v) is 2.81. The van der Waals surface area contributed by atoms with E-state index in [0.717, 1.165) is 19.4 Å². The number of carbonyl (C=O) groups is 1. The smallest absolute Gasteiger partial charge is 0.321 e. The van der Waals surface area contributed by atoms with Crippen molar-refractivity contribution in [1.29, 1.82) is 0 Å². The van der Waals surface area contributed by atoms with E-state index in [2.05, 4.69) is 12.2 Å². The third kappa shape index (κ3) is 2.34. The number of allylic oxidation sites excluding steroid dienone is 1. The maximum atomic E-state index is 11.9. The lowest BCUT2D eigenvalue weighted by Crippen LogP contribution is -2.40. The minimum absolute atomic E-state index is 0.0272. The molecule has 0 bridgehead atoms. The van der Waals surface area contributed by atoms with Crippen molar-refractivity contribution in [2.24, 2.45) is 5.92 Å². The van der Waals surface area contributed by atoms with Gasteiger partial charge in [-0.1, -0.05) is 6.92 Å². The first-order chi connectivity index (χ1) is 7.72. The molecule has 2 rings (SSSR count). The van der Waals surface area contributed by atoms with Crippen LogP contribution in [0.15, 0.2) is 11.3 Å². The summed E-state index contributed by atoms with van der Waals surface area (Å²) in [5, 5.41) is 3.07. The van der Waals surface area contributed by atoms with Gasteiger partial charge in [0.05, 0.1) is 0 Å². The SMILES string of the molecule is C[C@H]1CCCC2=C1NC(=O)N(CCCl)CC2. The number of amides is 2. The van der Waals surface area contributed by atoms with Crippen molar-refractivity contribution in [2.45, 2.75) is 32.6 Å². The van der Waals surface area contributed by atoms with E-state index in [-0.39, 0.29) is 6.03 Å². The van der Waals surface area contributed by atoms with Crippen molar-refractivity contribution < 1.29 is 4.79 Å². The Morgan fingerprint density at radius 1 is 1.50 bits per heavy atom. The molecule has 0 aromatic carbocycles. The van der Waals surface area contributed by atoms with Crippen molar-refractivity contribution in [3.05, 3.63) is 11.3 Å². The van der Waals surface area contributed by atoms with E-state index < -0.39 is 0 Å². The second-order valence-corrected chi connectivity index (χ2v) is 5.04. The molecule has 2 amide bonds. The fourth-order valence-electron chi connectivity index (χ4n) is 2.60. The van der Waals surface area contributed by atoms with Crippen molar-refractivity contribution in [2.75, 3.05) is 19.0 Å². The van der Waals surface area contributed by atoms with Gasteiger partial charge in [-0.2, -0.15) is 0 Å². The monoisotopic (exact) mass is 242 g/mol. The number of urea groups is 1.